The van der Waals surface area contributed by atoms with E-state index in [1.807, 2.05) is 76.2 Å². The molecule has 68 heavy (non-hydrogen) atoms. The molecule has 0 atom stereocenters. The highest BCUT2D eigenvalue weighted by molar-refractivity contribution is 9.13. The van der Waals surface area contributed by atoms with Crippen molar-refractivity contribution >= 4 is 241 Å². The zero-order valence-electron chi connectivity index (χ0n) is 34.4. The summed E-state index contributed by atoms with van der Waals surface area (Å²) in [6.07, 6.45) is -2.88. The van der Waals surface area contributed by atoms with E-state index in [1.165, 1.54) is 0 Å². The fraction of sp³-hybridized carbons (Fsp3) is 0.133. The molecule has 0 saturated heterocycles. The first-order valence-corrected chi connectivity index (χ1v) is 29.7. The Hall–Kier alpha value is -0.150. The molecule has 9 nitrogen and oxygen atoms in total. The Morgan fingerprint density at radius 2 is 0.412 bits per heavy atom. The van der Waals surface area contributed by atoms with Crippen LogP contribution in [0.4, 0.5) is 14.4 Å². The first-order chi connectivity index (χ1) is 31.7. The van der Waals surface area contributed by atoms with E-state index in [9.17, 15) is 14.4 Å². The van der Waals surface area contributed by atoms with Crippen molar-refractivity contribution in [1.82, 2.24) is 0 Å². The SMILES string of the molecule is CC(C)(c1cc(Br)c(OC(=O)Oc2c(Br)cc(Br)cc2Br)c(Br)c1)c1cc(Br)c(OC(=O)Oc2c(Br)cc(C(C)(C)c3cc(Br)c(OC(=O)Oc4c(Br)cc(Br)cc4Br)c(Br)c3)cc2Br)c(Br)c1. The van der Waals surface area contributed by atoms with Crippen molar-refractivity contribution in [2.24, 2.45) is 0 Å². The Morgan fingerprint density at radius 1 is 0.279 bits per heavy atom. The van der Waals surface area contributed by atoms with Gasteiger partial charge in [-0.2, -0.15) is 0 Å². The van der Waals surface area contributed by atoms with Crippen LogP contribution in [0.1, 0.15) is 49.9 Å². The van der Waals surface area contributed by atoms with Gasteiger partial charge in [-0.05, 0) is 286 Å². The number of halogens is 14. The van der Waals surface area contributed by atoms with Gasteiger partial charge in [0.25, 0.3) is 0 Å². The zero-order valence-corrected chi connectivity index (χ0v) is 56.6. The molecule has 0 aliphatic rings. The second kappa shape index (κ2) is 23.6. The van der Waals surface area contributed by atoms with Gasteiger partial charge in [-0.15, -0.1) is 0 Å². The molecule has 0 fully saturated rings. The van der Waals surface area contributed by atoms with Gasteiger partial charge in [0.15, 0.2) is 34.5 Å². The lowest BCUT2D eigenvalue weighted by Gasteiger charge is -2.28. The molecule has 0 bridgehead atoms. The van der Waals surface area contributed by atoms with Crippen LogP contribution >= 0.6 is 223 Å². The molecular weight excluding hydrogens is 1800 g/mol. The van der Waals surface area contributed by atoms with Gasteiger partial charge < -0.3 is 28.4 Å². The van der Waals surface area contributed by atoms with Crippen molar-refractivity contribution in [3.05, 3.63) is 158 Å². The van der Waals surface area contributed by atoms with Gasteiger partial charge in [0.2, 0.25) is 0 Å². The van der Waals surface area contributed by atoms with Crippen molar-refractivity contribution in [2.75, 3.05) is 0 Å². The summed E-state index contributed by atoms with van der Waals surface area (Å²) >= 11 is 49.0. The lowest BCUT2D eigenvalue weighted by atomic mass is 9.78. The summed E-state index contributed by atoms with van der Waals surface area (Å²) in [6, 6.07) is 21.7. The molecule has 0 spiro atoms. The minimum atomic E-state index is -0.990. The molecule has 6 aromatic carbocycles. The summed E-state index contributed by atoms with van der Waals surface area (Å²) in [5.41, 5.74) is 2.15. The van der Waals surface area contributed by atoms with Gasteiger partial charge >= 0.3 is 18.5 Å². The smallest absolute Gasteiger partial charge is 0.392 e. The van der Waals surface area contributed by atoms with E-state index in [4.69, 9.17) is 28.4 Å². The van der Waals surface area contributed by atoms with Gasteiger partial charge in [0.1, 0.15) is 0 Å². The monoisotopic (exact) mass is 1810 g/mol. The number of carbonyl (C=O) groups is 3. The van der Waals surface area contributed by atoms with E-state index in [0.29, 0.717) is 53.7 Å². The van der Waals surface area contributed by atoms with E-state index in [0.717, 1.165) is 31.2 Å². The van der Waals surface area contributed by atoms with Crippen LogP contribution < -0.4 is 28.4 Å². The third-order valence-corrected chi connectivity index (χ3v) is 17.9. The van der Waals surface area contributed by atoms with Crippen LogP contribution in [-0.4, -0.2) is 18.5 Å². The van der Waals surface area contributed by atoms with Crippen LogP contribution in [-0.2, 0) is 10.8 Å². The number of hydrogen-bond acceptors (Lipinski definition) is 9. The van der Waals surface area contributed by atoms with Crippen LogP contribution in [0.2, 0.25) is 0 Å². The average molecular weight is 1830 g/mol. The predicted molar refractivity (Wildman–Crippen MR) is 311 cm³/mol. The third kappa shape index (κ3) is 13.4. The van der Waals surface area contributed by atoms with Crippen molar-refractivity contribution in [2.45, 2.75) is 38.5 Å². The molecule has 356 valence electrons. The Bertz CT molecular complexity index is 2710. The van der Waals surface area contributed by atoms with Crippen molar-refractivity contribution in [1.29, 1.82) is 0 Å². The van der Waals surface area contributed by atoms with Crippen LogP contribution in [0.5, 0.6) is 34.5 Å². The van der Waals surface area contributed by atoms with Gasteiger partial charge in [-0.3, -0.25) is 0 Å². The molecule has 0 saturated carbocycles. The molecule has 0 heterocycles. The second-order valence-electron chi connectivity index (χ2n) is 15.1. The van der Waals surface area contributed by atoms with E-state index < -0.39 is 29.3 Å². The van der Waals surface area contributed by atoms with Gasteiger partial charge in [-0.25, -0.2) is 14.4 Å². The molecule has 0 N–H and O–H groups in total. The average Bonchev–Trinajstić information content (AvgIpc) is 3.22. The molecule has 0 amide bonds. The summed E-state index contributed by atoms with van der Waals surface area (Å²) < 4.78 is 41.4. The molecule has 6 aromatic rings. The lowest BCUT2D eigenvalue weighted by Crippen LogP contribution is -2.21. The van der Waals surface area contributed by atoms with Crippen molar-refractivity contribution in [3.8, 4) is 34.5 Å². The highest BCUT2D eigenvalue weighted by Gasteiger charge is 2.31. The maximum atomic E-state index is 13.4. The fourth-order valence-electron chi connectivity index (χ4n) is 6.22. The van der Waals surface area contributed by atoms with Gasteiger partial charge in [0, 0.05) is 19.8 Å². The Morgan fingerprint density at radius 3 is 0.559 bits per heavy atom. The minimum absolute atomic E-state index is 0.194. The fourth-order valence-corrected chi connectivity index (χ4v) is 16.5. The molecule has 6 rings (SSSR count). The summed E-state index contributed by atoms with van der Waals surface area (Å²) in [5.74, 6) is 1.35. The van der Waals surface area contributed by atoms with Crippen LogP contribution in [0.3, 0.4) is 0 Å². The van der Waals surface area contributed by atoms with E-state index in [1.54, 1.807) is 24.3 Å². The zero-order chi connectivity index (χ0) is 50.3. The molecule has 0 aliphatic heterocycles. The Kier molecular flexibility index (Phi) is 19.8. The molecule has 0 aliphatic carbocycles. The van der Waals surface area contributed by atoms with Crippen LogP contribution in [0.25, 0.3) is 0 Å². The molecule has 0 unspecified atom stereocenters. The maximum Gasteiger partial charge on any atom is 0.519 e. The lowest BCUT2D eigenvalue weighted by molar-refractivity contribution is 0.149. The van der Waals surface area contributed by atoms with Crippen LogP contribution in [0.15, 0.2) is 135 Å². The largest absolute Gasteiger partial charge is 0.519 e. The Labute approximate surface area is 507 Å². The first kappa shape index (κ1) is 57.1. The van der Waals surface area contributed by atoms with E-state index in [2.05, 4.69) is 223 Å². The number of rotatable bonds is 10. The summed E-state index contributed by atoms with van der Waals surface area (Å²) in [7, 11) is 0. The van der Waals surface area contributed by atoms with Crippen molar-refractivity contribution < 1.29 is 42.8 Å². The third-order valence-electron chi connectivity index (χ3n) is 9.92. The number of carbonyl (C=O) groups excluding carboxylic acids is 3. The number of benzene rings is 6. The molecular formula is C45H24Br14O9. The number of ether oxygens (including phenoxy) is 6. The Balaban J connectivity index is 1.14. The first-order valence-electron chi connectivity index (χ1n) is 18.6. The predicted octanol–water partition coefficient (Wildman–Crippen LogP) is 21.7. The highest BCUT2D eigenvalue weighted by Crippen LogP contribution is 2.48. The normalized spacial score (nSPS) is 11.6. The highest BCUT2D eigenvalue weighted by atomic mass is 79.9. The molecule has 0 radical (unpaired) electrons. The quantitative estimate of drug-likeness (QED) is 0.0979. The standard InChI is InChI=1S/C45H24Br14O9/c1-44(2,19-9-27(52)37(28(53)10-19)65-42(61)67-39-31(56)13-21(46)14-32(39)57)17-5-23(48)35(24(49)6-17)63-41(60)64-36-25(50)7-18(8-26(36)51)45(3,4)20-11-29(54)38(30(55)12-20)66-43(62)68-40-33(58)15-22(47)16-34(40)59/h5-16H,1-4H3. The molecule has 23 heteroatoms. The number of hydrogen-bond donors (Lipinski definition) is 0. The molecule has 0 aromatic heterocycles. The summed E-state index contributed by atoms with van der Waals surface area (Å²) in [5, 5.41) is 0. The van der Waals surface area contributed by atoms with E-state index in [-0.39, 0.29) is 34.5 Å². The van der Waals surface area contributed by atoms with Crippen LogP contribution in [0, 0.1) is 0 Å². The summed E-state index contributed by atoms with van der Waals surface area (Å²) in [6.45, 7) is 8.08. The maximum absolute atomic E-state index is 13.4. The second-order valence-corrected chi connectivity index (χ2v) is 27.2. The van der Waals surface area contributed by atoms with Gasteiger partial charge in [-0.1, -0.05) is 59.6 Å². The van der Waals surface area contributed by atoms with Gasteiger partial charge in [0.05, 0.1) is 53.7 Å². The summed E-state index contributed by atoms with van der Waals surface area (Å²) in [4.78, 5) is 39.2. The van der Waals surface area contributed by atoms with Crippen molar-refractivity contribution in [3.63, 3.8) is 0 Å². The van der Waals surface area contributed by atoms with E-state index >= 15 is 0 Å². The minimum Gasteiger partial charge on any atom is -0.392 e. The topological polar surface area (TPSA) is 107 Å².